The van der Waals surface area contributed by atoms with E-state index in [1.807, 2.05) is 48.2 Å². The van der Waals surface area contributed by atoms with Crippen molar-refractivity contribution in [2.75, 3.05) is 18.6 Å². The average molecular weight is 312 g/mol. The van der Waals surface area contributed by atoms with Crippen molar-refractivity contribution in [3.05, 3.63) is 47.9 Å². The maximum atomic E-state index is 13.0. The van der Waals surface area contributed by atoms with Crippen LogP contribution >= 0.6 is 0 Å². The number of nitrogens with zero attached hydrogens (tertiary/aromatic N) is 2. The van der Waals surface area contributed by atoms with Crippen LogP contribution in [0.3, 0.4) is 0 Å². The van der Waals surface area contributed by atoms with Gasteiger partial charge in [0.1, 0.15) is 23.4 Å². The van der Waals surface area contributed by atoms with Crippen molar-refractivity contribution < 1.29 is 13.9 Å². The molecular weight excluding hydrogens is 292 g/mol. The van der Waals surface area contributed by atoms with Gasteiger partial charge in [0.05, 0.1) is 13.2 Å². The Labute approximate surface area is 135 Å². The third kappa shape index (κ3) is 2.23. The van der Waals surface area contributed by atoms with E-state index in [1.165, 1.54) is 0 Å². The van der Waals surface area contributed by atoms with E-state index < -0.39 is 0 Å². The highest BCUT2D eigenvalue weighted by atomic mass is 16.5. The summed E-state index contributed by atoms with van der Waals surface area (Å²) in [4.78, 5) is 17.1. The molecule has 0 unspecified atom stereocenters. The summed E-state index contributed by atoms with van der Waals surface area (Å²) in [6, 6.07) is 11.5. The van der Waals surface area contributed by atoms with E-state index >= 15 is 0 Å². The summed E-state index contributed by atoms with van der Waals surface area (Å²) >= 11 is 0. The zero-order valence-corrected chi connectivity index (χ0v) is 13.4. The predicted molar refractivity (Wildman–Crippen MR) is 86.4 cm³/mol. The van der Waals surface area contributed by atoms with Gasteiger partial charge in [0, 0.05) is 18.3 Å². The molecule has 2 atom stereocenters. The van der Waals surface area contributed by atoms with Gasteiger partial charge in [-0.1, -0.05) is 6.07 Å². The summed E-state index contributed by atoms with van der Waals surface area (Å²) in [5, 5.41) is 0. The fraction of sp³-hybridized carbons (Fsp3) is 0.389. The normalized spacial score (nSPS) is 24.3. The molecule has 1 amide bonds. The highest BCUT2D eigenvalue weighted by molar-refractivity contribution is 6.00. The van der Waals surface area contributed by atoms with Crippen molar-refractivity contribution in [2.45, 2.75) is 32.0 Å². The van der Waals surface area contributed by atoms with Crippen LogP contribution in [0.15, 0.2) is 40.8 Å². The quantitative estimate of drug-likeness (QED) is 0.873. The standard InChI is InChI=1S/C18H20N2O3/c1-12-8-9-16(23-12)17-19-10-4-7-15(19)18(21)20(17)13-5-3-6-14(11-13)22-2/h3,5-6,8-9,11,15,17H,4,7,10H2,1-2H3/t15-,17+/m0/s1. The smallest absolute Gasteiger partial charge is 0.246 e. The Bertz CT molecular complexity index is 739. The summed E-state index contributed by atoms with van der Waals surface area (Å²) in [7, 11) is 1.64. The highest BCUT2D eigenvalue weighted by Crippen LogP contribution is 2.43. The Morgan fingerprint density at radius 3 is 2.87 bits per heavy atom. The minimum absolute atomic E-state index is 0.0448. The number of anilines is 1. The fourth-order valence-electron chi connectivity index (χ4n) is 3.69. The summed E-state index contributed by atoms with van der Waals surface area (Å²) in [6.07, 6.45) is 1.80. The molecule has 120 valence electrons. The molecule has 0 bridgehead atoms. The number of methoxy groups -OCH3 is 1. The average Bonchev–Trinajstić information content (AvgIpc) is 3.25. The molecule has 1 aromatic carbocycles. The zero-order chi connectivity index (χ0) is 16.0. The largest absolute Gasteiger partial charge is 0.497 e. The number of hydrogen-bond donors (Lipinski definition) is 0. The molecule has 2 aromatic rings. The van der Waals surface area contributed by atoms with Crippen molar-refractivity contribution in [3.63, 3.8) is 0 Å². The molecule has 4 rings (SSSR count). The van der Waals surface area contributed by atoms with Crippen LogP contribution < -0.4 is 9.64 Å². The molecule has 3 heterocycles. The molecule has 2 aliphatic heterocycles. The van der Waals surface area contributed by atoms with E-state index in [4.69, 9.17) is 9.15 Å². The second-order valence-electron chi connectivity index (χ2n) is 6.13. The lowest BCUT2D eigenvalue weighted by Gasteiger charge is -2.27. The molecule has 5 nitrogen and oxygen atoms in total. The Morgan fingerprint density at radius 2 is 2.13 bits per heavy atom. The first-order valence-electron chi connectivity index (χ1n) is 7.98. The molecule has 0 spiro atoms. The number of amides is 1. The Morgan fingerprint density at radius 1 is 1.26 bits per heavy atom. The van der Waals surface area contributed by atoms with Crippen LogP contribution in [-0.4, -0.2) is 30.5 Å². The minimum atomic E-state index is -0.171. The van der Waals surface area contributed by atoms with E-state index in [0.717, 1.165) is 42.3 Å². The Hall–Kier alpha value is -2.27. The molecular formula is C18H20N2O3. The third-order valence-electron chi connectivity index (χ3n) is 4.72. The van der Waals surface area contributed by atoms with Gasteiger partial charge in [-0.05, 0) is 44.0 Å². The van der Waals surface area contributed by atoms with Crippen molar-refractivity contribution in [1.82, 2.24) is 4.90 Å². The van der Waals surface area contributed by atoms with Crippen LogP contribution in [-0.2, 0) is 4.79 Å². The molecule has 0 aliphatic carbocycles. The van der Waals surface area contributed by atoms with Gasteiger partial charge in [0.15, 0.2) is 0 Å². The zero-order valence-electron chi connectivity index (χ0n) is 13.4. The van der Waals surface area contributed by atoms with Gasteiger partial charge in [0.25, 0.3) is 0 Å². The van der Waals surface area contributed by atoms with Gasteiger partial charge >= 0.3 is 0 Å². The van der Waals surface area contributed by atoms with Crippen LogP contribution in [0, 0.1) is 6.92 Å². The molecule has 0 radical (unpaired) electrons. The molecule has 2 aliphatic rings. The number of benzene rings is 1. The van der Waals surface area contributed by atoms with Gasteiger partial charge in [-0.2, -0.15) is 0 Å². The van der Waals surface area contributed by atoms with Crippen molar-refractivity contribution >= 4 is 11.6 Å². The van der Waals surface area contributed by atoms with E-state index in [2.05, 4.69) is 4.90 Å². The first-order chi connectivity index (χ1) is 11.2. The number of ether oxygens (including phenoxy) is 1. The number of carbonyl (C=O) groups is 1. The number of furan rings is 1. The van der Waals surface area contributed by atoms with Crippen LogP contribution in [0.1, 0.15) is 30.5 Å². The lowest BCUT2D eigenvalue weighted by molar-refractivity contribution is -0.119. The number of carbonyl (C=O) groups excluding carboxylic acids is 1. The lowest BCUT2D eigenvalue weighted by atomic mass is 10.2. The van der Waals surface area contributed by atoms with Crippen LogP contribution in [0.4, 0.5) is 5.69 Å². The van der Waals surface area contributed by atoms with E-state index in [0.29, 0.717) is 0 Å². The Balaban J connectivity index is 1.80. The molecule has 23 heavy (non-hydrogen) atoms. The van der Waals surface area contributed by atoms with Crippen LogP contribution in [0.2, 0.25) is 0 Å². The van der Waals surface area contributed by atoms with E-state index in [1.54, 1.807) is 7.11 Å². The molecule has 1 aromatic heterocycles. The Kier molecular flexibility index (Phi) is 3.38. The van der Waals surface area contributed by atoms with Gasteiger partial charge in [-0.15, -0.1) is 0 Å². The second-order valence-corrected chi connectivity index (χ2v) is 6.13. The molecule has 2 saturated heterocycles. The molecule has 0 saturated carbocycles. The summed E-state index contributed by atoms with van der Waals surface area (Å²) in [5.74, 6) is 2.58. The SMILES string of the molecule is COc1cccc(N2C(=O)[C@@H]3CCCN3[C@H]2c2ccc(C)o2)c1. The van der Waals surface area contributed by atoms with Crippen LogP contribution in [0.5, 0.6) is 5.75 Å². The van der Waals surface area contributed by atoms with Crippen molar-refractivity contribution in [1.29, 1.82) is 0 Å². The number of rotatable bonds is 3. The topological polar surface area (TPSA) is 45.9 Å². The molecule has 2 fully saturated rings. The predicted octanol–water partition coefficient (Wildman–Crippen LogP) is 3.11. The third-order valence-corrected chi connectivity index (χ3v) is 4.72. The first-order valence-corrected chi connectivity index (χ1v) is 7.98. The monoisotopic (exact) mass is 312 g/mol. The van der Waals surface area contributed by atoms with E-state index in [-0.39, 0.29) is 18.1 Å². The number of aryl methyl sites for hydroxylation is 1. The summed E-state index contributed by atoms with van der Waals surface area (Å²) in [6.45, 7) is 2.85. The lowest BCUT2D eigenvalue weighted by Crippen LogP contribution is -2.32. The van der Waals surface area contributed by atoms with Gasteiger partial charge in [-0.3, -0.25) is 14.6 Å². The maximum absolute atomic E-state index is 13.0. The maximum Gasteiger partial charge on any atom is 0.246 e. The highest BCUT2D eigenvalue weighted by Gasteiger charge is 2.50. The molecule has 5 heteroatoms. The van der Waals surface area contributed by atoms with Crippen LogP contribution in [0.25, 0.3) is 0 Å². The number of hydrogen-bond acceptors (Lipinski definition) is 4. The van der Waals surface area contributed by atoms with E-state index in [9.17, 15) is 4.79 Å². The van der Waals surface area contributed by atoms with Crippen molar-refractivity contribution in [3.8, 4) is 5.75 Å². The van der Waals surface area contributed by atoms with Gasteiger partial charge in [-0.25, -0.2) is 0 Å². The summed E-state index contributed by atoms with van der Waals surface area (Å²) in [5.41, 5.74) is 0.850. The van der Waals surface area contributed by atoms with Crippen molar-refractivity contribution in [2.24, 2.45) is 0 Å². The fourth-order valence-corrected chi connectivity index (χ4v) is 3.69. The first kappa shape index (κ1) is 14.3. The van der Waals surface area contributed by atoms with Gasteiger partial charge in [0.2, 0.25) is 5.91 Å². The van der Waals surface area contributed by atoms with Gasteiger partial charge < -0.3 is 9.15 Å². The number of fused-ring (bicyclic) bond motifs is 1. The molecule has 0 N–H and O–H groups in total. The second kappa shape index (κ2) is 5.42. The summed E-state index contributed by atoms with van der Waals surface area (Å²) < 4.78 is 11.2. The minimum Gasteiger partial charge on any atom is -0.497 e.